The van der Waals surface area contributed by atoms with Crippen LogP contribution >= 0.6 is 0 Å². The van der Waals surface area contributed by atoms with Crippen molar-refractivity contribution in [3.63, 3.8) is 0 Å². The van der Waals surface area contributed by atoms with E-state index in [1.165, 1.54) is 6.07 Å². The number of carbonyl (C=O) groups is 1. The minimum Gasteiger partial charge on any atom is -0.364 e. The lowest BCUT2D eigenvalue weighted by atomic mass is 10.1. The molecule has 0 amide bonds. The first-order valence-corrected chi connectivity index (χ1v) is 9.59. The number of rotatable bonds is 8. The van der Waals surface area contributed by atoms with Gasteiger partial charge in [0.2, 0.25) is 5.95 Å². The Balaban J connectivity index is 1.95. The Morgan fingerprint density at radius 1 is 1.23 bits per heavy atom. The molecule has 10 heteroatoms. The molecule has 0 bridgehead atoms. The highest BCUT2D eigenvalue weighted by Crippen LogP contribution is 2.30. The molecule has 160 valence electrons. The number of nitrogens with zero attached hydrogens (tertiary/aromatic N) is 4. The second-order valence-electron chi connectivity index (χ2n) is 7.16. The lowest BCUT2D eigenvalue weighted by Crippen LogP contribution is -2.22. The Morgan fingerprint density at radius 3 is 2.63 bits per heavy atom. The van der Waals surface area contributed by atoms with Gasteiger partial charge in [-0.2, -0.15) is 23.1 Å². The normalized spacial score (nSPS) is 12.9. The number of aromatic nitrogens is 4. The molecule has 7 nitrogen and oxygen atoms in total. The molecule has 0 saturated carbocycles. The number of hydrogen-bond acceptors (Lipinski definition) is 6. The van der Waals surface area contributed by atoms with Gasteiger partial charge in [-0.3, -0.25) is 0 Å². The summed E-state index contributed by atoms with van der Waals surface area (Å²) in [5, 5.41) is 6.04. The SMILES string of the molecule is CCC(C=O)Nc1nc(NCc2cccc(C(F)(F)F)c2)c2ncn(C(C)C)c2n1. The Kier molecular flexibility index (Phi) is 6.23. The molecular weight excluding hydrogens is 397 g/mol. The van der Waals surface area contributed by atoms with Crippen molar-refractivity contribution in [2.24, 2.45) is 0 Å². The van der Waals surface area contributed by atoms with Crippen LogP contribution in [0.1, 0.15) is 44.4 Å². The van der Waals surface area contributed by atoms with Crippen molar-refractivity contribution >= 4 is 29.2 Å². The number of hydrogen-bond donors (Lipinski definition) is 2. The van der Waals surface area contributed by atoms with Crippen molar-refractivity contribution in [1.82, 2.24) is 19.5 Å². The van der Waals surface area contributed by atoms with Gasteiger partial charge in [0.25, 0.3) is 0 Å². The molecule has 0 fully saturated rings. The zero-order valence-electron chi connectivity index (χ0n) is 16.9. The predicted molar refractivity (Wildman–Crippen MR) is 108 cm³/mol. The summed E-state index contributed by atoms with van der Waals surface area (Å²) in [5.41, 5.74) is 0.807. The molecule has 3 aromatic rings. The molecule has 0 aliphatic heterocycles. The van der Waals surface area contributed by atoms with Gasteiger partial charge in [-0.15, -0.1) is 0 Å². The average molecular weight is 420 g/mol. The minimum absolute atomic E-state index is 0.0853. The van der Waals surface area contributed by atoms with Gasteiger partial charge in [0.15, 0.2) is 17.0 Å². The van der Waals surface area contributed by atoms with E-state index in [1.807, 2.05) is 25.3 Å². The van der Waals surface area contributed by atoms with Crippen LogP contribution in [0.25, 0.3) is 11.2 Å². The molecule has 0 aliphatic rings. The first-order chi connectivity index (χ1) is 14.2. The number of aldehydes is 1. The summed E-state index contributed by atoms with van der Waals surface area (Å²) >= 11 is 0. The van der Waals surface area contributed by atoms with E-state index in [4.69, 9.17) is 0 Å². The van der Waals surface area contributed by atoms with Gasteiger partial charge in [-0.25, -0.2) is 4.98 Å². The van der Waals surface area contributed by atoms with E-state index in [0.29, 0.717) is 29.0 Å². The number of halogens is 3. The fourth-order valence-electron chi connectivity index (χ4n) is 2.92. The van der Waals surface area contributed by atoms with E-state index < -0.39 is 17.8 Å². The topological polar surface area (TPSA) is 84.7 Å². The van der Waals surface area contributed by atoms with Crippen LogP contribution in [0.2, 0.25) is 0 Å². The van der Waals surface area contributed by atoms with Crippen LogP contribution in [0.5, 0.6) is 0 Å². The van der Waals surface area contributed by atoms with Crippen LogP contribution in [-0.4, -0.2) is 31.8 Å². The number of anilines is 2. The molecule has 1 unspecified atom stereocenters. The van der Waals surface area contributed by atoms with Crippen LogP contribution in [0.3, 0.4) is 0 Å². The zero-order chi connectivity index (χ0) is 21.9. The Morgan fingerprint density at radius 2 is 2.00 bits per heavy atom. The number of benzene rings is 1. The van der Waals surface area contributed by atoms with Crippen LogP contribution in [-0.2, 0) is 17.5 Å². The van der Waals surface area contributed by atoms with Crippen LogP contribution in [0.4, 0.5) is 24.9 Å². The molecule has 2 N–H and O–H groups in total. The van der Waals surface area contributed by atoms with Gasteiger partial charge >= 0.3 is 6.18 Å². The molecule has 30 heavy (non-hydrogen) atoms. The first-order valence-electron chi connectivity index (χ1n) is 9.59. The van der Waals surface area contributed by atoms with Gasteiger partial charge < -0.3 is 20.0 Å². The number of imidazole rings is 1. The highest BCUT2D eigenvalue weighted by atomic mass is 19.4. The van der Waals surface area contributed by atoms with Crippen LogP contribution in [0, 0.1) is 0 Å². The fourth-order valence-corrected chi connectivity index (χ4v) is 2.92. The number of carbonyl (C=O) groups excluding carboxylic acids is 1. The standard InChI is InChI=1S/C20H23F3N6O/c1-4-15(10-30)26-19-27-17(16-18(28-19)29(11-25-16)12(2)3)24-9-13-6-5-7-14(8-13)20(21,22)23/h5-8,10-12,15H,4,9H2,1-3H3,(H2,24,26,27,28). The summed E-state index contributed by atoms with van der Waals surface area (Å²) in [6.07, 6.45) is -1.43. The Hall–Kier alpha value is -3.17. The fraction of sp³-hybridized carbons (Fsp3) is 0.400. The second kappa shape index (κ2) is 8.68. The summed E-state index contributed by atoms with van der Waals surface area (Å²) in [5.74, 6) is 0.621. The van der Waals surface area contributed by atoms with Crippen molar-refractivity contribution in [3.05, 3.63) is 41.7 Å². The van der Waals surface area contributed by atoms with E-state index in [-0.39, 0.29) is 18.5 Å². The predicted octanol–water partition coefficient (Wildman–Crippen LogP) is 4.43. The largest absolute Gasteiger partial charge is 0.416 e. The van der Waals surface area contributed by atoms with E-state index in [1.54, 1.807) is 12.4 Å². The maximum Gasteiger partial charge on any atom is 0.416 e. The molecule has 1 atom stereocenters. The second-order valence-corrected chi connectivity index (χ2v) is 7.16. The van der Waals surface area contributed by atoms with Gasteiger partial charge in [0, 0.05) is 12.6 Å². The molecule has 0 saturated heterocycles. The lowest BCUT2D eigenvalue weighted by molar-refractivity contribution is -0.137. The Bertz CT molecular complexity index is 1030. The molecule has 2 heterocycles. The van der Waals surface area contributed by atoms with Crippen molar-refractivity contribution in [2.45, 2.75) is 52.0 Å². The summed E-state index contributed by atoms with van der Waals surface area (Å²) in [6, 6.07) is 4.73. The first kappa shape index (κ1) is 21.5. The smallest absolute Gasteiger partial charge is 0.364 e. The van der Waals surface area contributed by atoms with Crippen molar-refractivity contribution in [3.8, 4) is 0 Å². The third-order valence-corrected chi connectivity index (χ3v) is 4.61. The summed E-state index contributed by atoms with van der Waals surface area (Å²) in [6.45, 7) is 5.93. The van der Waals surface area contributed by atoms with E-state index in [0.717, 1.165) is 18.4 Å². The highest BCUT2D eigenvalue weighted by molar-refractivity contribution is 5.84. The van der Waals surface area contributed by atoms with Crippen LogP contribution < -0.4 is 10.6 Å². The third-order valence-electron chi connectivity index (χ3n) is 4.61. The molecule has 3 rings (SSSR count). The van der Waals surface area contributed by atoms with Crippen molar-refractivity contribution in [1.29, 1.82) is 0 Å². The average Bonchev–Trinajstić information content (AvgIpc) is 3.14. The summed E-state index contributed by atoms with van der Waals surface area (Å²) < 4.78 is 40.8. The van der Waals surface area contributed by atoms with Gasteiger partial charge in [-0.05, 0) is 38.0 Å². The molecule has 0 radical (unpaired) electrons. The van der Waals surface area contributed by atoms with E-state index >= 15 is 0 Å². The van der Waals surface area contributed by atoms with Gasteiger partial charge in [0.1, 0.15) is 6.29 Å². The minimum atomic E-state index is -4.41. The molecular formula is C20H23F3N6O. The summed E-state index contributed by atoms with van der Waals surface area (Å²) in [4.78, 5) is 24.5. The molecule has 0 aliphatic carbocycles. The molecule has 1 aromatic carbocycles. The van der Waals surface area contributed by atoms with Gasteiger partial charge in [-0.1, -0.05) is 19.1 Å². The number of nitrogens with one attached hydrogen (secondary N) is 2. The van der Waals surface area contributed by atoms with Crippen LogP contribution in [0.15, 0.2) is 30.6 Å². The monoisotopic (exact) mass is 420 g/mol. The summed E-state index contributed by atoms with van der Waals surface area (Å²) in [7, 11) is 0. The maximum atomic E-state index is 13.0. The van der Waals surface area contributed by atoms with E-state index in [9.17, 15) is 18.0 Å². The highest BCUT2D eigenvalue weighted by Gasteiger charge is 2.30. The number of fused-ring (bicyclic) bond motifs is 1. The quantitative estimate of drug-likeness (QED) is 0.525. The third kappa shape index (κ3) is 4.69. The zero-order valence-corrected chi connectivity index (χ0v) is 16.9. The lowest BCUT2D eigenvalue weighted by Gasteiger charge is -2.14. The van der Waals surface area contributed by atoms with Crippen molar-refractivity contribution in [2.75, 3.05) is 10.6 Å². The van der Waals surface area contributed by atoms with Gasteiger partial charge in [0.05, 0.1) is 17.9 Å². The van der Waals surface area contributed by atoms with Crippen molar-refractivity contribution < 1.29 is 18.0 Å². The number of alkyl halides is 3. The molecule has 2 aromatic heterocycles. The Labute approximate surface area is 171 Å². The molecule has 0 spiro atoms. The van der Waals surface area contributed by atoms with E-state index in [2.05, 4.69) is 25.6 Å². The maximum absolute atomic E-state index is 13.0.